The Kier molecular flexibility index (Phi) is 5.13. The topological polar surface area (TPSA) is 64.4 Å². The second-order valence-corrected chi connectivity index (χ2v) is 6.08. The smallest absolute Gasteiger partial charge is 0.309 e. The van der Waals surface area contributed by atoms with Crippen molar-refractivity contribution >= 4 is 22.8 Å². The molecule has 6 heteroatoms. The molecular weight excluding hydrogens is 306 g/mol. The lowest BCUT2D eigenvalue weighted by molar-refractivity contribution is -0.151. The third kappa shape index (κ3) is 3.58. The molecule has 1 fully saturated rings. The Morgan fingerprint density at radius 2 is 2.00 bits per heavy atom. The normalized spacial score (nSPS) is 15.6. The Morgan fingerprint density at radius 1 is 1.25 bits per heavy atom. The number of carbonyl (C=O) groups is 2. The van der Waals surface area contributed by atoms with Crippen molar-refractivity contribution in [1.29, 1.82) is 0 Å². The maximum atomic E-state index is 12.4. The number of nitrogens with zero attached hydrogens (tertiary/aromatic N) is 3. The molecule has 2 aromatic rings. The minimum atomic E-state index is -0.132. The van der Waals surface area contributed by atoms with Crippen LogP contribution < -0.4 is 0 Å². The summed E-state index contributed by atoms with van der Waals surface area (Å²) in [6.45, 7) is 4.06. The van der Waals surface area contributed by atoms with E-state index >= 15 is 0 Å². The maximum absolute atomic E-state index is 12.4. The Bertz CT molecular complexity index is 717. The van der Waals surface area contributed by atoms with Gasteiger partial charge in [-0.15, -0.1) is 0 Å². The molecule has 1 aliphatic rings. The molecule has 2 heterocycles. The summed E-state index contributed by atoms with van der Waals surface area (Å²) >= 11 is 0. The first-order chi connectivity index (χ1) is 11.7. The van der Waals surface area contributed by atoms with Crippen LogP contribution >= 0.6 is 0 Å². The first-order valence-corrected chi connectivity index (χ1v) is 8.54. The number of fused-ring (bicyclic) bond motifs is 1. The molecular formula is C18H23N3O3. The maximum Gasteiger partial charge on any atom is 0.309 e. The van der Waals surface area contributed by atoms with Crippen LogP contribution in [-0.4, -0.2) is 46.3 Å². The van der Waals surface area contributed by atoms with Gasteiger partial charge in [0.25, 0.3) is 0 Å². The monoisotopic (exact) mass is 329 g/mol. The van der Waals surface area contributed by atoms with E-state index in [1.807, 2.05) is 47.0 Å². The van der Waals surface area contributed by atoms with Crippen molar-refractivity contribution in [3.8, 4) is 0 Å². The zero-order chi connectivity index (χ0) is 16.9. The fraction of sp³-hybridized carbons (Fsp3) is 0.500. The number of hydrogen-bond acceptors (Lipinski definition) is 4. The number of piperidine rings is 1. The number of ether oxygens (including phenoxy) is 1. The van der Waals surface area contributed by atoms with Gasteiger partial charge in [-0.25, -0.2) is 0 Å². The van der Waals surface area contributed by atoms with Gasteiger partial charge in [-0.3, -0.25) is 14.3 Å². The predicted molar refractivity (Wildman–Crippen MR) is 90.3 cm³/mol. The molecule has 0 radical (unpaired) electrons. The van der Waals surface area contributed by atoms with E-state index in [1.165, 1.54) is 0 Å². The lowest BCUT2D eigenvalue weighted by atomic mass is 9.97. The van der Waals surface area contributed by atoms with Gasteiger partial charge in [-0.1, -0.05) is 18.2 Å². The number of benzene rings is 1. The van der Waals surface area contributed by atoms with Crippen molar-refractivity contribution < 1.29 is 14.3 Å². The van der Waals surface area contributed by atoms with Crippen LogP contribution in [0.15, 0.2) is 30.5 Å². The summed E-state index contributed by atoms with van der Waals surface area (Å²) in [7, 11) is 0. The van der Waals surface area contributed by atoms with E-state index in [2.05, 4.69) is 5.10 Å². The Labute approximate surface area is 141 Å². The number of hydrogen-bond donors (Lipinski definition) is 0. The Balaban J connectivity index is 1.50. The molecule has 0 saturated carbocycles. The van der Waals surface area contributed by atoms with Gasteiger partial charge in [-0.05, 0) is 25.8 Å². The first kappa shape index (κ1) is 16.5. The van der Waals surface area contributed by atoms with Crippen LogP contribution in [0.4, 0.5) is 0 Å². The number of carbonyl (C=O) groups excluding carboxylic acids is 2. The number of amides is 1. The van der Waals surface area contributed by atoms with Crippen molar-refractivity contribution in [1.82, 2.24) is 14.7 Å². The number of aryl methyl sites for hydroxylation is 1. The molecule has 1 aromatic heterocycles. The molecule has 0 atom stereocenters. The van der Waals surface area contributed by atoms with Crippen LogP contribution in [0.1, 0.15) is 26.2 Å². The predicted octanol–water partition coefficient (Wildman–Crippen LogP) is 2.23. The van der Waals surface area contributed by atoms with Gasteiger partial charge in [-0.2, -0.15) is 5.10 Å². The summed E-state index contributed by atoms with van der Waals surface area (Å²) < 4.78 is 6.93. The van der Waals surface area contributed by atoms with E-state index in [9.17, 15) is 9.59 Å². The van der Waals surface area contributed by atoms with Crippen LogP contribution in [0, 0.1) is 5.92 Å². The summed E-state index contributed by atoms with van der Waals surface area (Å²) in [4.78, 5) is 26.0. The van der Waals surface area contributed by atoms with Crippen LogP contribution in [0.3, 0.4) is 0 Å². The lowest BCUT2D eigenvalue weighted by Crippen LogP contribution is -2.40. The van der Waals surface area contributed by atoms with Gasteiger partial charge in [0.15, 0.2) is 0 Å². The van der Waals surface area contributed by atoms with E-state index in [1.54, 1.807) is 0 Å². The van der Waals surface area contributed by atoms with Crippen LogP contribution in [0.5, 0.6) is 0 Å². The van der Waals surface area contributed by atoms with Gasteiger partial charge >= 0.3 is 5.97 Å². The zero-order valence-corrected chi connectivity index (χ0v) is 14.0. The average Bonchev–Trinajstić information content (AvgIpc) is 3.03. The molecule has 0 spiro atoms. The van der Waals surface area contributed by atoms with Gasteiger partial charge in [0.05, 0.1) is 30.8 Å². The quantitative estimate of drug-likeness (QED) is 0.789. The number of likely N-dealkylation sites (tertiary alicyclic amines) is 1. The SMILES string of the molecule is CCOC(=O)C1CCN(C(=O)CCn2ncc3ccccc32)CC1. The lowest BCUT2D eigenvalue weighted by Gasteiger charge is -2.31. The van der Waals surface area contributed by atoms with E-state index in [0.29, 0.717) is 45.5 Å². The summed E-state index contributed by atoms with van der Waals surface area (Å²) in [5.41, 5.74) is 1.05. The molecule has 24 heavy (non-hydrogen) atoms. The van der Waals surface area contributed by atoms with E-state index < -0.39 is 0 Å². The summed E-state index contributed by atoms with van der Waals surface area (Å²) in [6, 6.07) is 7.98. The molecule has 0 N–H and O–H groups in total. The van der Waals surface area contributed by atoms with Crippen LogP contribution in [-0.2, 0) is 20.9 Å². The van der Waals surface area contributed by atoms with Gasteiger partial charge in [0, 0.05) is 24.9 Å². The molecule has 0 aliphatic carbocycles. The Morgan fingerprint density at radius 3 is 2.75 bits per heavy atom. The summed E-state index contributed by atoms with van der Waals surface area (Å²) in [5.74, 6) is -0.0754. The number of esters is 1. The average molecular weight is 329 g/mol. The highest BCUT2D eigenvalue weighted by atomic mass is 16.5. The van der Waals surface area contributed by atoms with Crippen molar-refractivity contribution in [3.05, 3.63) is 30.5 Å². The highest BCUT2D eigenvalue weighted by Crippen LogP contribution is 2.20. The molecule has 1 aromatic carbocycles. The number of para-hydroxylation sites is 1. The third-order valence-corrected chi connectivity index (χ3v) is 4.56. The zero-order valence-electron chi connectivity index (χ0n) is 14.0. The number of aromatic nitrogens is 2. The molecule has 0 unspecified atom stereocenters. The fourth-order valence-electron chi connectivity index (χ4n) is 3.19. The van der Waals surface area contributed by atoms with Crippen LogP contribution in [0.25, 0.3) is 10.9 Å². The van der Waals surface area contributed by atoms with Crippen molar-refractivity contribution in [2.24, 2.45) is 5.92 Å². The van der Waals surface area contributed by atoms with E-state index in [0.717, 1.165) is 10.9 Å². The minimum absolute atomic E-state index is 0.0657. The largest absolute Gasteiger partial charge is 0.466 e. The van der Waals surface area contributed by atoms with Crippen molar-refractivity contribution in [2.75, 3.05) is 19.7 Å². The van der Waals surface area contributed by atoms with E-state index in [4.69, 9.17) is 4.74 Å². The van der Waals surface area contributed by atoms with Gasteiger partial charge in [0.2, 0.25) is 5.91 Å². The first-order valence-electron chi connectivity index (χ1n) is 8.54. The standard InChI is InChI=1S/C18H23N3O3/c1-2-24-18(23)14-7-10-20(11-8-14)17(22)9-12-21-16-6-4-3-5-15(16)13-19-21/h3-6,13-14H,2,7-12H2,1H3. The molecule has 1 aliphatic heterocycles. The minimum Gasteiger partial charge on any atom is -0.466 e. The second-order valence-electron chi connectivity index (χ2n) is 6.08. The second kappa shape index (κ2) is 7.47. The summed E-state index contributed by atoms with van der Waals surface area (Å²) in [5, 5.41) is 5.44. The van der Waals surface area contributed by atoms with Crippen LogP contribution in [0.2, 0.25) is 0 Å². The third-order valence-electron chi connectivity index (χ3n) is 4.56. The molecule has 1 saturated heterocycles. The van der Waals surface area contributed by atoms with Crippen molar-refractivity contribution in [2.45, 2.75) is 32.7 Å². The molecule has 3 rings (SSSR count). The van der Waals surface area contributed by atoms with E-state index in [-0.39, 0.29) is 17.8 Å². The Hall–Kier alpha value is -2.37. The van der Waals surface area contributed by atoms with Crippen molar-refractivity contribution in [3.63, 3.8) is 0 Å². The molecule has 6 nitrogen and oxygen atoms in total. The molecule has 128 valence electrons. The number of rotatable bonds is 5. The molecule has 0 bridgehead atoms. The van der Waals surface area contributed by atoms with Gasteiger partial charge < -0.3 is 9.64 Å². The molecule has 1 amide bonds. The highest BCUT2D eigenvalue weighted by Gasteiger charge is 2.27. The fourth-order valence-corrected chi connectivity index (χ4v) is 3.19. The summed E-state index contributed by atoms with van der Waals surface area (Å²) in [6.07, 6.45) is 3.63. The van der Waals surface area contributed by atoms with Gasteiger partial charge in [0.1, 0.15) is 0 Å². The highest BCUT2D eigenvalue weighted by molar-refractivity contribution is 5.79.